The third-order valence-electron chi connectivity index (χ3n) is 14.1. The van der Waals surface area contributed by atoms with Gasteiger partial charge in [-0.2, -0.15) is 0 Å². The molecule has 1 nitrogen and oxygen atoms in total. The molecule has 0 saturated heterocycles. The quantitative estimate of drug-likeness (QED) is 0.163. The zero-order valence-electron chi connectivity index (χ0n) is 32.0. The summed E-state index contributed by atoms with van der Waals surface area (Å²) in [5.41, 5.74) is 19.6. The van der Waals surface area contributed by atoms with E-state index in [9.17, 15) is 0 Å². The van der Waals surface area contributed by atoms with Crippen LogP contribution < -0.4 is 4.74 Å². The number of para-hydroxylation sites is 1. The van der Waals surface area contributed by atoms with Gasteiger partial charge in [-0.05, 0) is 124 Å². The van der Waals surface area contributed by atoms with Crippen LogP contribution in [-0.2, 0) is 10.8 Å². The Labute approximate surface area is 342 Å². The fraction of sp³-hybridized carbons (Fsp3) is 0.0345. The number of rotatable bonds is 1. The van der Waals surface area contributed by atoms with Gasteiger partial charge in [0, 0.05) is 11.1 Å². The monoisotopic (exact) mass is 746 g/mol. The first-order valence-corrected chi connectivity index (χ1v) is 20.7. The van der Waals surface area contributed by atoms with Crippen molar-refractivity contribution in [3.63, 3.8) is 0 Å². The van der Waals surface area contributed by atoms with Gasteiger partial charge in [0.25, 0.3) is 0 Å². The van der Waals surface area contributed by atoms with E-state index in [4.69, 9.17) is 4.74 Å². The smallest absolute Gasteiger partial charge is 0.132 e. The highest BCUT2D eigenvalue weighted by Gasteiger charge is 2.54. The Morgan fingerprint density at radius 3 is 1.31 bits per heavy atom. The van der Waals surface area contributed by atoms with Gasteiger partial charge in [0.2, 0.25) is 0 Å². The Balaban J connectivity index is 1.07. The van der Waals surface area contributed by atoms with E-state index in [-0.39, 0.29) is 0 Å². The van der Waals surface area contributed by atoms with Crippen LogP contribution in [0.2, 0.25) is 0 Å². The molecule has 0 radical (unpaired) electrons. The summed E-state index contributed by atoms with van der Waals surface area (Å²) in [6.45, 7) is 0. The van der Waals surface area contributed by atoms with Crippen LogP contribution in [0.25, 0.3) is 66.1 Å². The fourth-order valence-corrected chi connectivity index (χ4v) is 12.0. The second-order valence-corrected chi connectivity index (χ2v) is 16.6. The fourth-order valence-electron chi connectivity index (χ4n) is 12.0. The second kappa shape index (κ2) is 11.1. The Morgan fingerprint density at radius 1 is 0.271 bits per heavy atom. The van der Waals surface area contributed by atoms with Gasteiger partial charge in [-0.15, -0.1) is 0 Å². The highest BCUT2D eigenvalue weighted by molar-refractivity contribution is 6.09. The second-order valence-electron chi connectivity index (χ2n) is 16.6. The summed E-state index contributed by atoms with van der Waals surface area (Å²) in [5.74, 6) is 1.81. The summed E-state index contributed by atoms with van der Waals surface area (Å²) in [5, 5.41) is 5.15. The van der Waals surface area contributed by atoms with Crippen molar-refractivity contribution in [2.45, 2.75) is 10.8 Å². The molecule has 0 amide bonds. The van der Waals surface area contributed by atoms with E-state index in [0.29, 0.717) is 0 Å². The molecule has 10 aromatic rings. The molecule has 0 fully saturated rings. The van der Waals surface area contributed by atoms with Crippen LogP contribution in [-0.4, -0.2) is 0 Å². The van der Waals surface area contributed by atoms with Crippen molar-refractivity contribution in [3.8, 4) is 56.0 Å². The molecule has 1 heteroatoms. The maximum Gasteiger partial charge on any atom is 0.132 e. The van der Waals surface area contributed by atoms with E-state index in [1.165, 1.54) is 111 Å². The van der Waals surface area contributed by atoms with E-state index in [0.717, 1.165) is 11.5 Å². The predicted molar refractivity (Wildman–Crippen MR) is 241 cm³/mol. The standard InChI is InChI=1S/C58H34O/c1-3-15-39-35(13-1)25-30-45-46-31-26-36-14-2-4-16-40(36)56(46)58(55(39)45)49-22-10-7-19-43(49)44-29-27-37(33-51(44)58)38-28-32-54-52(34-38)57(50-23-11-12-24-53(50)59-54)47-20-8-5-17-41(47)42-18-6-9-21-48(42)57/h1-34H. The van der Waals surface area contributed by atoms with Crippen LogP contribution in [0, 0.1) is 0 Å². The van der Waals surface area contributed by atoms with Crippen LogP contribution in [0.3, 0.4) is 0 Å². The van der Waals surface area contributed by atoms with E-state index < -0.39 is 10.8 Å². The largest absolute Gasteiger partial charge is 0.457 e. The molecule has 2 spiro atoms. The van der Waals surface area contributed by atoms with Crippen molar-refractivity contribution < 1.29 is 4.74 Å². The van der Waals surface area contributed by atoms with Gasteiger partial charge >= 0.3 is 0 Å². The topological polar surface area (TPSA) is 9.23 Å². The highest BCUT2D eigenvalue weighted by Crippen LogP contribution is 2.66. The first-order valence-electron chi connectivity index (χ1n) is 20.7. The minimum Gasteiger partial charge on any atom is -0.457 e. The van der Waals surface area contributed by atoms with E-state index >= 15 is 0 Å². The molecule has 59 heavy (non-hydrogen) atoms. The van der Waals surface area contributed by atoms with Crippen LogP contribution in [0.5, 0.6) is 11.5 Å². The average molecular weight is 747 g/mol. The number of fused-ring (bicyclic) bond motifs is 23. The molecule has 1 heterocycles. The molecule has 1 aliphatic heterocycles. The van der Waals surface area contributed by atoms with Gasteiger partial charge in [-0.3, -0.25) is 0 Å². The van der Waals surface area contributed by atoms with Gasteiger partial charge in [0.15, 0.2) is 0 Å². The zero-order chi connectivity index (χ0) is 38.5. The van der Waals surface area contributed by atoms with Crippen LogP contribution in [0.1, 0.15) is 44.5 Å². The molecular formula is C58H34O. The van der Waals surface area contributed by atoms with Crippen molar-refractivity contribution in [2.24, 2.45) is 0 Å². The molecule has 3 aliphatic carbocycles. The van der Waals surface area contributed by atoms with E-state index in [1.54, 1.807) is 0 Å². The van der Waals surface area contributed by atoms with Crippen LogP contribution in [0.15, 0.2) is 206 Å². The summed E-state index contributed by atoms with van der Waals surface area (Å²) in [6, 6.07) is 77.3. The molecule has 0 unspecified atom stereocenters. The summed E-state index contributed by atoms with van der Waals surface area (Å²) in [7, 11) is 0. The lowest BCUT2D eigenvalue weighted by Crippen LogP contribution is -2.32. The van der Waals surface area contributed by atoms with Gasteiger partial charge in [0.1, 0.15) is 11.5 Å². The zero-order valence-corrected chi connectivity index (χ0v) is 32.0. The van der Waals surface area contributed by atoms with E-state index in [2.05, 4.69) is 206 Å². The third-order valence-corrected chi connectivity index (χ3v) is 14.1. The third kappa shape index (κ3) is 3.73. The van der Waals surface area contributed by atoms with Gasteiger partial charge in [-0.25, -0.2) is 0 Å². The number of ether oxygens (including phenoxy) is 1. The number of benzene rings is 10. The van der Waals surface area contributed by atoms with Gasteiger partial charge in [0.05, 0.1) is 10.8 Å². The lowest BCUT2D eigenvalue weighted by Gasteiger charge is -2.39. The predicted octanol–water partition coefficient (Wildman–Crippen LogP) is 14.5. The molecule has 4 aliphatic rings. The SMILES string of the molecule is c1ccc2c(c1)Oc1ccc(-c3ccc4c(c3)C3(c5ccccc5-4)c4c(ccc5ccccc45)-c4ccc5ccccc5c43)cc1C21c2ccccc2-c2ccccc21. The van der Waals surface area contributed by atoms with Crippen molar-refractivity contribution >= 4 is 21.5 Å². The van der Waals surface area contributed by atoms with Crippen molar-refractivity contribution in [1.29, 1.82) is 0 Å². The Kier molecular flexibility index (Phi) is 5.96. The van der Waals surface area contributed by atoms with Gasteiger partial charge in [-0.1, -0.05) is 182 Å². The van der Waals surface area contributed by atoms with Crippen LogP contribution in [0.4, 0.5) is 0 Å². The Hall–Kier alpha value is -7.48. The normalized spacial score (nSPS) is 14.8. The molecular weight excluding hydrogens is 713 g/mol. The maximum atomic E-state index is 6.84. The van der Waals surface area contributed by atoms with Crippen molar-refractivity contribution in [2.75, 3.05) is 0 Å². The molecule has 0 bridgehead atoms. The Bertz CT molecular complexity index is 3360. The lowest BCUT2D eigenvalue weighted by atomic mass is 9.65. The molecule has 0 N–H and O–H groups in total. The number of hydrogen-bond acceptors (Lipinski definition) is 1. The lowest BCUT2D eigenvalue weighted by molar-refractivity contribution is 0.436. The average Bonchev–Trinajstić information content (AvgIpc) is 3.89. The van der Waals surface area contributed by atoms with Crippen molar-refractivity contribution in [3.05, 3.63) is 251 Å². The highest BCUT2D eigenvalue weighted by atomic mass is 16.5. The molecule has 0 saturated carbocycles. The summed E-state index contributed by atoms with van der Waals surface area (Å²) in [6.07, 6.45) is 0. The van der Waals surface area contributed by atoms with Crippen molar-refractivity contribution in [1.82, 2.24) is 0 Å². The molecule has 0 aromatic heterocycles. The Morgan fingerprint density at radius 2 is 0.695 bits per heavy atom. The molecule has 0 atom stereocenters. The summed E-state index contributed by atoms with van der Waals surface area (Å²) < 4.78 is 6.84. The van der Waals surface area contributed by atoms with Gasteiger partial charge < -0.3 is 4.74 Å². The minimum atomic E-state index is -0.525. The van der Waals surface area contributed by atoms with Crippen LogP contribution >= 0.6 is 0 Å². The minimum absolute atomic E-state index is 0.519. The summed E-state index contributed by atoms with van der Waals surface area (Å²) in [4.78, 5) is 0. The number of hydrogen-bond donors (Lipinski definition) is 0. The molecule has 14 rings (SSSR count). The first kappa shape index (κ1) is 31.6. The maximum absolute atomic E-state index is 6.84. The summed E-state index contributed by atoms with van der Waals surface area (Å²) >= 11 is 0. The first-order chi connectivity index (χ1) is 29.3. The molecule has 10 aromatic carbocycles. The van der Waals surface area contributed by atoms with E-state index in [1.807, 2.05) is 0 Å². The molecule has 272 valence electrons.